The second kappa shape index (κ2) is 8.43. The summed E-state index contributed by atoms with van der Waals surface area (Å²) in [6, 6.07) is 15.7. The Balaban J connectivity index is 0.000000281. The van der Waals surface area contributed by atoms with Gasteiger partial charge in [-0.2, -0.15) is 0 Å². The molecule has 0 saturated heterocycles. The summed E-state index contributed by atoms with van der Waals surface area (Å²) in [4.78, 5) is 12.8. The van der Waals surface area contributed by atoms with Crippen LogP contribution in [-0.2, 0) is 0 Å². The summed E-state index contributed by atoms with van der Waals surface area (Å²) in [7, 11) is 0. The van der Waals surface area contributed by atoms with Gasteiger partial charge in [-0.15, -0.1) is 0 Å². The Kier molecular flexibility index (Phi) is 5.45. The average Bonchev–Trinajstić information content (AvgIpc) is 2.81. The Hall–Kier alpha value is -3.53. The van der Waals surface area contributed by atoms with E-state index in [1.54, 1.807) is 12.3 Å². The van der Waals surface area contributed by atoms with Crippen molar-refractivity contribution in [2.24, 2.45) is 5.92 Å². The van der Waals surface area contributed by atoms with Gasteiger partial charge in [0.1, 0.15) is 11.3 Å². The topological polar surface area (TPSA) is 51.5 Å². The second-order valence-electron chi connectivity index (χ2n) is 9.31. The van der Waals surface area contributed by atoms with Crippen molar-refractivity contribution >= 4 is 27.4 Å². The van der Waals surface area contributed by atoms with Crippen LogP contribution in [0.2, 0.25) is 0 Å². The minimum absolute atomic E-state index is 0.188. The largest absolute Gasteiger partial charge is 0.508 e. The normalized spacial score (nSPS) is 14.8. The first kappa shape index (κ1) is 21.3. The van der Waals surface area contributed by atoms with Crippen LogP contribution in [0.1, 0.15) is 50.2 Å². The quantitative estimate of drug-likeness (QED) is 0.273. The highest BCUT2D eigenvalue weighted by Crippen LogP contribution is 2.43. The Morgan fingerprint density at radius 3 is 2.39 bits per heavy atom. The van der Waals surface area contributed by atoms with E-state index in [-0.39, 0.29) is 16.8 Å². The SMILES string of the molecule is C=C(O)c1cn2c3c(c(C)ccc3c1=O)Oc1cc3ccccc3cc1-2.CC1CCCCC1. The third-order valence-electron chi connectivity index (χ3n) is 6.82. The van der Waals surface area contributed by atoms with Gasteiger partial charge >= 0.3 is 0 Å². The highest BCUT2D eigenvalue weighted by Gasteiger charge is 2.24. The molecule has 2 aliphatic rings. The molecular weight excluding hydrogens is 410 g/mol. The molecule has 4 aromatic rings. The number of aliphatic hydroxyl groups is 1. The molecule has 1 saturated carbocycles. The van der Waals surface area contributed by atoms with Crippen LogP contribution >= 0.6 is 0 Å². The lowest BCUT2D eigenvalue weighted by molar-refractivity contribution is 0.385. The van der Waals surface area contributed by atoms with Crippen molar-refractivity contribution in [1.29, 1.82) is 0 Å². The summed E-state index contributed by atoms with van der Waals surface area (Å²) < 4.78 is 8.12. The van der Waals surface area contributed by atoms with Crippen molar-refractivity contribution < 1.29 is 9.84 Å². The van der Waals surface area contributed by atoms with Crippen LogP contribution in [0.4, 0.5) is 0 Å². The number of ether oxygens (including phenoxy) is 1. The van der Waals surface area contributed by atoms with Crippen LogP contribution in [0.5, 0.6) is 11.5 Å². The van der Waals surface area contributed by atoms with Gasteiger partial charge in [0.15, 0.2) is 16.9 Å². The zero-order valence-electron chi connectivity index (χ0n) is 19.2. The van der Waals surface area contributed by atoms with Crippen molar-refractivity contribution in [1.82, 2.24) is 4.57 Å². The monoisotopic (exact) mass is 439 g/mol. The van der Waals surface area contributed by atoms with Crippen molar-refractivity contribution in [2.75, 3.05) is 0 Å². The number of benzene rings is 3. The maximum Gasteiger partial charge on any atom is 0.200 e. The first-order valence-electron chi connectivity index (χ1n) is 11.7. The van der Waals surface area contributed by atoms with Crippen molar-refractivity contribution in [3.05, 3.63) is 82.7 Å². The third-order valence-corrected chi connectivity index (χ3v) is 6.82. The summed E-state index contributed by atoms with van der Waals surface area (Å²) in [6.45, 7) is 7.86. The lowest BCUT2D eigenvalue weighted by Crippen LogP contribution is -2.17. The number of aliphatic hydroxyl groups excluding tert-OH is 1. The van der Waals surface area contributed by atoms with Gasteiger partial charge < -0.3 is 14.4 Å². The Morgan fingerprint density at radius 1 is 1.06 bits per heavy atom. The lowest BCUT2D eigenvalue weighted by atomic mass is 9.91. The van der Waals surface area contributed by atoms with Gasteiger partial charge in [-0.3, -0.25) is 4.79 Å². The van der Waals surface area contributed by atoms with E-state index in [2.05, 4.69) is 13.5 Å². The molecule has 1 aromatic heterocycles. The van der Waals surface area contributed by atoms with Crippen LogP contribution in [-0.4, -0.2) is 9.67 Å². The number of aryl methyl sites for hydroxylation is 1. The van der Waals surface area contributed by atoms with E-state index in [0.717, 1.165) is 27.9 Å². The fourth-order valence-electron chi connectivity index (χ4n) is 4.91. The number of pyridine rings is 1. The van der Waals surface area contributed by atoms with Gasteiger partial charge in [-0.05, 0) is 47.4 Å². The molecule has 1 aliphatic carbocycles. The fourth-order valence-corrected chi connectivity index (χ4v) is 4.91. The van der Waals surface area contributed by atoms with Crippen LogP contribution in [0.15, 0.2) is 66.1 Å². The maximum atomic E-state index is 12.8. The molecule has 4 nitrogen and oxygen atoms in total. The number of fused-ring (bicyclic) bond motifs is 3. The Labute approximate surface area is 193 Å². The predicted molar refractivity (Wildman–Crippen MR) is 136 cm³/mol. The van der Waals surface area contributed by atoms with Crippen LogP contribution in [0.3, 0.4) is 0 Å². The third kappa shape index (κ3) is 3.80. The molecule has 2 heterocycles. The molecule has 0 spiro atoms. The number of aromatic nitrogens is 1. The highest BCUT2D eigenvalue weighted by atomic mass is 16.5. The average molecular weight is 440 g/mol. The molecule has 3 aromatic carbocycles. The van der Waals surface area contributed by atoms with E-state index in [4.69, 9.17) is 4.74 Å². The molecule has 0 atom stereocenters. The molecule has 168 valence electrons. The number of nitrogens with zero attached hydrogens (tertiary/aromatic N) is 1. The molecule has 1 N–H and O–H groups in total. The van der Waals surface area contributed by atoms with E-state index in [0.29, 0.717) is 22.4 Å². The molecule has 33 heavy (non-hydrogen) atoms. The summed E-state index contributed by atoms with van der Waals surface area (Å²) >= 11 is 0. The molecule has 0 radical (unpaired) electrons. The van der Waals surface area contributed by atoms with E-state index in [9.17, 15) is 9.90 Å². The van der Waals surface area contributed by atoms with Gasteiger partial charge in [-0.1, -0.05) is 75.9 Å². The predicted octanol–water partition coefficient (Wildman–Crippen LogP) is 7.67. The smallest absolute Gasteiger partial charge is 0.200 e. The molecule has 0 amide bonds. The van der Waals surface area contributed by atoms with Crippen molar-refractivity contribution in [3.63, 3.8) is 0 Å². The molecule has 6 rings (SSSR count). The minimum Gasteiger partial charge on any atom is -0.508 e. The van der Waals surface area contributed by atoms with Crippen LogP contribution < -0.4 is 10.2 Å². The van der Waals surface area contributed by atoms with Gasteiger partial charge in [0.2, 0.25) is 0 Å². The van der Waals surface area contributed by atoms with Crippen molar-refractivity contribution in [2.45, 2.75) is 46.0 Å². The standard InChI is InChI=1S/C22H15NO3.C7H14/c1-12-7-8-16-20-22(12)26-19-10-15-6-4-3-5-14(15)9-18(19)23(20)11-17(13(2)24)21(16)25;1-7-5-3-2-4-6-7/h3-11,24H,2H2,1H3;7H,2-6H2,1H3. The van der Waals surface area contributed by atoms with Gasteiger partial charge in [0, 0.05) is 6.20 Å². The number of hydrogen-bond donors (Lipinski definition) is 1. The first-order chi connectivity index (χ1) is 15.9. The molecule has 1 aliphatic heterocycles. The Bertz CT molecular complexity index is 1440. The van der Waals surface area contributed by atoms with E-state index >= 15 is 0 Å². The zero-order valence-corrected chi connectivity index (χ0v) is 19.2. The summed E-state index contributed by atoms with van der Waals surface area (Å²) in [5, 5.41) is 12.6. The lowest BCUT2D eigenvalue weighted by Gasteiger charge is -2.25. The summed E-state index contributed by atoms with van der Waals surface area (Å²) in [5.74, 6) is 2.17. The zero-order chi connectivity index (χ0) is 23.1. The first-order valence-corrected chi connectivity index (χ1v) is 11.7. The molecule has 1 fully saturated rings. The van der Waals surface area contributed by atoms with Crippen LogP contribution in [0.25, 0.3) is 33.1 Å². The molecule has 0 unspecified atom stereocenters. The minimum atomic E-state index is -0.252. The summed E-state index contributed by atoms with van der Waals surface area (Å²) in [6.07, 6.45) is 9.08. The second-order valence-corrected chi connectivity index (χ2v) is 9.31. The van der Waals surface area contributed by atoms with Gasteiger partial charge in [-0.25, -0.2) is 0 Å². The maximum absolute atomic E-state index is 12.8. The molecule has 0 bridgehead atoms. The van der Waals surface area contributed by atoms with Gasteiger partial charge in [0.25, 0.3) is 0 Å². The molecule has 4 heteroatoms. The highest BCUT2D eigenvalue weighted by molar-refractivity contribution is 5.94. The Morgan fingerprint density at radius 2 is 1.76 bits per heavy atom. The van der Waals surface area contributed by atoms with Gasteiger partial charge in [0.05, 0.1) is 16.6 Å². The number of rotatable bonds is 1. The van der Waals surface area contributed by atoms with E-state index in [1.807, 2.05) is 54.0 Å². The number of hydrogen-bond acceptors (Lipinski definition) is 3. The molecular formula is C29H29NO3. The fraction of sp³-hybridized carbons (Fsp3) is 0.276. The van der Waals surface area contributed by atoms with Crippen LogP contribution in [0, 0.1) is 12.8 Å². The van der Waals surface area contributed by atoms with E-state index < -0.39 is 0 Å². The van der Waals surface area contributed by atoms with E-state index in [1.165, 1.54) is 32.1 Å². The summed E-state index contributed by atoms with van der Waals surface area (Å²) in [5.41, 5.74) is 2.42. The van der Waals surface area contributed by atoms with Crippen molar-refractivity contribution in [3.8, 4) is 17.2 Å².